The summed E-state index contributed by atoms with van der Waals surface area (Å²) >= 11 is 0. The topological polar surface area (TPSA) is 78.9 Å². The van der Waals surface area contributed by atoms with E-state index < -0.39 is 11.7 Å². The number of halogens is 3. The molecule has 1 aromatic heterocycles. The number of para-hydroxylation sites is 2. The number of alkyl halides is 3. The molecule has 0 saturated carbocycles. The molecular weight excluding hydrogens is 487 g/mol. The van der Waals surface area contributed by atoms with Gasteiger partial charge in [0.1, 0.15) is 5.69 Å². The minimum atomic E-state index is -4.43. The maximum absolute atomic E-state index is 13.1. The van der Waals surface area contributed by atoms with Crippen molar-refractivity contribution in [3.8, 4) is 0 Å². The number of hydrogen-bond donors (Lipinski definition) is 0. The van der Waals surface area contributed by atoms with Crippen LogP contribution in [-0.4, -0.2) is 95.0 Å². The molecule has 194 valence electrons. The molecule has 2 amide bonds. The van der Waals surface area contributed by atoms with E-state index in [4.69, 9.17) is 4.74 Å². The Labute approximate surface area is 211 Å². The number of aromatic nitrogens is 2. The van der Waals surface area contributed by atoms with E-state index in [9.17, 15) is 22.8 Å². The average molecular weight is 514 g/mol. The molecule has 2 saturated heterocycles. The third-order valence-corrected chi connectivity index (χ3v) is 6.67. The fourth-order valence-corrected chi connectivity index (χ4v) is 4.64. The van der Waals surface area contributed by atoms with Crippen molar-refractivity contribution in [1.29, 1.82) is 0 Å². The third-order valence-electron chi connectivity index (χ3n) is 6.67. The minimum Gasteiger partial charge on any atom is -0.373 e. The summed E-state index contributed by atoms with van der Waals surface area (Å²) in [6.07, 6.45) is -3.11. The van der Waals surface area contributed by atoms with Crippen LogP contribution < -0.4 is 0 Å². The van der Waals surface area contributed by atoms with Crippen molar-refractivity contribution in [1.82, 2.24) is 24.7 Å². The predicted octanol–water partition coefficient (Wildman–Crippen LogP) is 2.95. The van der Waals surface area contributed by atoms with E-state index in [0.717, 1.165) is 17.6 Å². The van der Waals surface area contributed by atoms with Crippen LogP contribution >= 0.6 is 0 Å². The molecule has 3 aromatic rings. The maximum Gasteiger partial charge on any atom is 0.416 e. The van der Waals surface area contributed by atoms with Crippen LogP contribution in [0.15, 0.2) is 54.7 Å². The average Bonchev–Trinajstić information content (AvgIpc) is 2.92. The Morgan fingerprint density at radius 3 is 2.30 bits per heavy atom. The summed E-state index contributed by atoms with van der Waals surface area (Å²) in [6.45, 7) is 4.06. The number of piperazine rings is 1. The van der Waals surface area contributed by atoms with E-state index in [1.807, 2.05) is 24.3 Å². The lowest BCUT2D eigenvalue weighted by Gasteiger charge is -2.39. The lowest BCUT2D eigenvalue weighted by Crippen LogP contribution is -2.54. The monoisotopic (exact) mass is 513 g/mol. The van der Waals surface area contributed by atoms with Crippen LogP contribution in [0.1, 0.15) is 26.4 Å². The number of fused-ring (bicyclic) bond motifs is 1. The molecule has 2 aromatic carbocycles. The van der Waals surface area contributed by atoms with E-state index in [2.05, 4.69) is 14.9 Å². The van der Waals surface area contributed by atoms with E-state index in [1.54, 1.807) is 9.80 Å². The van der Waals surface area contributed by atoms with Gasteiger partial charge in [-0.3, -0.25) is 19.5 Å². The van der Waals surface area contributed by atoms with Gasteiger partial charge < -0.3 is 14.5 Å². The molecule has 0 N–H and O–H groups in total. The SMILES string of the molecule is O=C(c1ccc(C(F)(F)F)cc1)N1CCN(C[C@@H]2CN(C(=O)c3cnc4ccccc4n3)CCO2)CC1. The summed E-state index contributed by atoms with van der Waals surface area (Å²) in [4.78, 5) is 40.1. The number of hydrogen-bond acceptors (Lipinski definition) is 6. The second-order valence-corrected chi connectivity index (χ2v) is 9.16. The van der Waals surface area contributed by atoms with Crippen molar-refractivity contribution >= 4 is 22.8 Å². The van der Waals surface area contributed by atoms with Crippen LogP contribution in [0, 0.1) is 0 Å². The summed E-state index contributed by atoms with van der Waals surface area (Å²) in [7, 11) is 0. The van der Waals surface area contributed by atoms with E-state index >= 15 is 0 Å². The summed E-state index contributed by atoms with van der Waals surface area (Å²) in [6, 6.07) is 11.7. The first-order valence-electron chi connectivity index (χ1n) is 12.1. The van der Waals surface area contributed by atoms with Gasteiger partial charge in [0.15, 0.2) is 0 Å². The molecule has 2 aliphatic heterocycles. The first-order valence-corrected chi connectivity index (χ1v) is 12.1. The number of amides is 2. The number of benzene rings is 2. The van der Waals surface area contributed by atoms with Crippen LogP contribution in [0.2, 0.25) is 0 Å². The molecule has 37 heavy (non-hydrogen) atoms. The zero-order chi connectivity index (χ0) is 26.0. The Hall–Kier alpha value is -3.57. The zero-order valence-electron chi connectivity index (χ0n) is 20.0. The smallest absolute Gasteiger partial charge is 0.373 e. The second-order valence-electron chi connectivity index (χ2n) is 9.16. The van der Waals surface area contributed by atoms with Gasteiger partial charge in [-0.2, -0.15) is 13.2 Å². The van der Waals surface area contributed by atoms with Gasteiger partial charge in [0.2, 0.25) is 0 Å². The fourth-order valence-electron chi connectivity index (χ4n) is 4.64. The molecule has 0 unspecified atom stereocenters. The Morgan fingerprint density at radius 2 is 1.59 bits per heavy atom. The van der Waals surface area contributed by atoms with Gasteiger partial charge in [-0.1, -0.05) is 12.1 Å². The first kappa shape index (κ1) is 25.1. The van der Waals surface area contributed by atoms with Crippen molar-refractivity contribution in [3.63, 3.8) is 0 Å². The van der Waals surface area contributed by atoms with Gasteiger partial charge in [-0.05, 0) is 36.4 Å². The Kier molecular flexibility index (Phi) is 7.07. The zero-order valence-corrected chi connectivity index (χ0v) is 20.0. The molecule has 3 heterocycles. The van der Waals surface area contributed by atoms with Crippen LogP contribution in [-0.2, 0) is 10.9 Å². The number of carbonyl (C=O) groups is 2. The first-order chi connectivity index (χ1) is 17.8. The van der Waals surface area contributed by atoms with Gasteiger partial charge >= 0.3 is 6.18 Å². The largest absolute Gasteiger partial charge is 0.416 e. The van der Waals surface area contributed by atoms with Gasteiger partial charge in [0.25, 0.3) is 11.8 Å². The second kappa shape index (κ2) is 10.4. The molecule has 2 fully saturated rings. The molecule has 0 bridgehead atoms. The van der Waals surface area contributed by atoms with Crippen LogP contribution in [0.5, 0.6) is 0 Å². The molecule has 8 nitrogen and oxygen atoms in total. The van der Waals surface area contributed by atoms with Gasteiger partial charge in [-0.25, -0.2) is 4.98 Å². The molecule has 0 spiro atoms. The standard InChI is InChI=1S/C26H26F3N5O3/c27-26(28,29)19-7-5-18(6-8-19)24(35)33-11-9-32(10-12-33)16-20-17-34(13-14-37-20)25(36)23-15-30-21-3-1-2-4-22(21)31-23/h1-8,15,20H,9-14,16-17H2/t20-/m1/s1. The summed E-state index contributed by atoms with van der Waals surface area (Å²) < 4.78 is 44.3. The quantitative estimate of drug-likeness (QED) is 0.534. The number of rotatable bonds is 4. The predicted molar refractivity (Wildman–Crippen MR) is 129 cm³/mol. The van der Waals surface area contributed by atoms with Crippen molar-refractivity contribution in [2.45, 2.75) is 12.3 Å². The van der Waals surface area contributed by atoms with Crippen LogP contribution in [0.3, 0.4) is 0 Å². The highest BCUT2D eigenvalue weighted by Gasteiger charge is 2.32. The maximum atomic E-state index is 13.1. The Morgan fingerprint density at radius 1 is 0.892 bits per heavy atom. The van der Waals surface area contributed by atoms with Gasteiger partial charge in [0, 0.05) is 51.4 Å². The van der Waals surface area contributed by atoms with E-state index in [-0.39, 0.29) is 23.5 Å². The highest BCUT2D eigenvalue weighted by molar-refractivity contribution is 5.94. The Balaban J connectivity index is 1.13. The van der Waals surface area contributed by atoms with Gasteiger partial charge in [-0.15, -0.1) is 0 Å². The molecule has 5 rings (SSSR count). The van der Waals surface area contributed by atoms with Crippen molar-refractivity contribution in [3.05, 3.63) is 71.5 Å². The lowest BCUT2D eigenvalue weighted by atomic mass is 10.1. The number of ether oxygens (including phenoxy) is 1. The fraction of sp³-hybridized carbons (Fsp3) is 0.385. The normalized spacial score (nSPS) is 19.3. The van der Waals surface area contributed by atoms with Gasteiger partial charge in [0.05, 0.1) is 35.5 Å². The van der Waals surface area contributed by atoms with E-state index in [0.29, 0.717) is 63.6 Å². The molecule has 0 aliphatic carbocycles. The summed E-state index contributed by atoms with van der Waals surface area (Å²) in [5.74, 6) is -0.464. The third kappa shape index (κ3) is 5.72. The highest BCUT2D eigenvalue weighted by Crippen LogP contribution is 2.29. The highest BCUT2D eigenvalue weighted by atomic mass is 19.4. The molecular formula is C26H26F3N5O3. The molecule has 0 radical (unpaired) electrons. The molecule has 2 aliphatic rings. The Bertz CT molecular complexity index is 1280. The lowest BCUT2D eigenvalue weighted by molar-refractivity contribution is -0.137. The molecule has 1 atom stereocenters. The van der Waals surface area contributed by atoms with Crippen LogP contribution in [0.25, 0.3) is 11.0 Å². The number of carbonyl (C=O) groups excluding carboxylic acids is 2. The number of morpholine rings is 1. The van der Waals surface area contributed by atoms with Crippen molar-refractivity contribution in [2.75, 3.05) is 52.4 Å². The van der Waals surface area contributed by atoms with Crippen molar-refractivity contribution < 1.29 is 27.5 Å². The number of nitrogens with zero attached hydrogens (tertiary/aromatic N) is 5. The molecule has 11 heteroatoms. The summed E-state index contributed by atoms with van der Waals surface area (Å²) in [5, 5.41) is 0. The van der Waals surface area contributed by atoms with Crippen molar-refractivity contribution in [2.24, 2.45) is 0 Å². The summed E-state index contributed by atoms with van der Waals surface area (Å²) in [5.41, 5.74) is 1.16. The van der Waals surface area contributed by atoms with E-state index in [1.165, 1.54) is 18.3 Å². The van der Waals surface area contributed by atoms with Crippen LogP contribution in [0.4, 0.5) is 13.2 Å². The minimum absolute atomic E-state index is 0.178.